The van der Waals surface area contributed by atoms with Gasteiger partial charge in [0.2, 0.25) is 0 Å². The monoisotopic (exact) mass is 489 g/mol. The Morgan fingerprint density at radius 3 is 2.18 bits per heavy atom. The van der Waals surface area contributed by atoms with Gasteiger partial charge in [-0.25, -0.2) is 0 Å². The average molecular weight is 489 g/mol. The number of hydrogen-bond donors (Lipinski definition) is 1. The van der Waals surface area contributed by atoms with Crippen LogP contribution in [-0.2, 0) is 33.9 Å². The van der Waals surface area contributed by atoms with Gasteiger partial charge >= 0.3 is 18.3 Å². The zero-order valence-corrected chi connectivity index (χ0v) is 18.4. The second kappa shape index (κ2) is 9.95. The van der Waals surface area contributed by atoms with Crippen LogP contribution in [0.2, 0.25) is 0 Å². The molecule has 1 aliphatic heterocycles. The third-order valence-electron chi connectivity index (χ3n) is 6.28. The largest absolute Gasteiger partial charge is 0.481 e. The second-order valence-electron chi connectivity index (χ2n) is 8.74. The van der Waals surface area contributed by atoms with Crippen LogP contribution >= 0.6 is 0 Å². The van der Waals surface area contributed by atoms with Crippen molar-refractivity contribution in [2.75, 3.05) is 20.2 Å². The lowest BCUT2D eigenvalue weighted by molar-refractivity contribution is -0.143. The highest BCUT2D eigenvalue weighted by molar-refractivity contribution is 5.67. The first-order chi connectivity index (χ1) is 15.8. The molecule has 0 aromatic heterocycles. The van der Waals surface area contributed by atoms with Crippen molar-refractivity contribution in [3.8, 4) is 0 Å². The van der Waals surface area contributed by atoms with E-state index in [1.165, 1.54) is 0 Å². The molecule has 0 spiro atoms. The van der Waals surface area contributed by atoms with Crippen molar-refractivity contribution < 1.29 is 41.0 Å². The average Bonchev–Trinajstić information content (AvgIpc) is 2.75. The Labute approximate surface area is 193 Å². The SMILES string of the molecule is CN1CCC(COCc2cc(C(F)(F)F)cc(C(F)(F)F)c2)(c2ccccc2)CC1CC(=O)O. The topological polar surface area (TPSA) is 49.8 Å². The fourth-order valence-electron chi connectivity index (χ4n) is 4.45. The summed E-state index contributed by atoms with van der Waals surface area (Å²) in [5.41, 5.74) is -2.75. The predicted octanol–water partition coefficient (Wildman–Crippen LogP) is 5.75. The van der Waals surface area contributed by atoms with Gasteiger partial charge in [0, 0.05) is 11.5 Å². The van der Waals surface area contributed by atoms with E-state index in [0.717, 1.165) is 5.56 Å². The minimum atomic E-state index is -4.93. The molecule has 0 bridgehead atoms. The molecule has 3 rings (SSSR count). The van der Waals surface area contributed by atoms with E-state index in [2.05, 4.69) is 0 Å². The van der Waals surface area contributed by atoms with Crippen LogP contribution in [0, 0.1) is 0 Å². The van der Waals surface area contributed by atoms with Crippen LogP contribution in [0.3, 0.4) is 0 Å². The van der Waals surface area contributed by atoms with Gasteiger partial charge in [-0.05, 0) is 55.8 Å². The lowest BCUT2D eigenvalue weighted by Gasteiger charge is -2.45. The summed E-state index contributed by atoms with van der Waals surface area (Å²) in [4.78, 5) is 13.3. The molecule has 4 nitrogen and oxygen atoms in total. The highest BCUT2D eigenvalue weighted by atomic mass is 19.4. The zero-order chi connectivity index (χ0) is 25.1. The summed E-state index contributed by atoms with van der Waals surface area (Å²) in [6, 6.07) is 10.3. The molecule has 0 saturated carbocycles. The number of piperidine rings is 1. The number of benzene rings is 2. The number of carboxylic acid groups (broad SMARTS) is 1. The van der Waals surface area contributed by atoms with Gasteiger partial charge in [0.15, 0.2) is 0 Å². The van der Waals surface area contributed by atoms with Crippen molar-refractivity contribution in [3.63, 3.8) is 0 Å². The van der Waals surface area contributed by atoms with Gasteiger partial charge in [0.05, 0.1) is 30.8 Å². The molecule has 2 atom stereocenters. The van der Waals surface area contributed by atoms with E-state index in [-0.39, 0.29) is 30.7 Å². The van der Waals surface area contributed by atoms with Gasteiger partial charge in [0.1, 0.15) is 0 Å². The van der Waals surface area contributed by atoms with Crippen molar-refractivity contribution >= 4 is 5.97 Å². The fraction of sp³-hybridized carbons (Fsp3) is 0.458. The smallest absolute Gasteiger partial charge is 0.416 e. The van der Waals surface area contributed by atoms with Crippen LogP contribution < -0.4 is 0 Å². The standard InChI is InChI=1S/C24H25F6NO3/c1-31-8-7-22(13-20(31)12-21(32)33,17-5-3-2-4-6-17)15-34-14-16-9-18(23(25,26)27)11-19(10-16)24(28,29)30/h2-6,9-11,20H,7-8,12-15H2,1H3,(H,32,33). The van der Waals surface area contributed by atoms with Gasteiger partial charge in [-0.3, -0.25) is 4.79 Å². The van der Waals surface area contributed by atoms with Gasteiger partial charge in [0.25, 0.3) is 0 Å². The van der Waals surface area contributed by atoms with Gasteiger partial charge < -0.3 is 14.7 Å². The Hall–Kier alpha value is -2.59. The first-order valence-corrected chi connectivity index (χ1v) is 10.6. The molecule has 0 amide bonds. The number of carboxylic acids is 1. The van der Waals surface area contributed by atoms with Crippen molar-refractivity contribution in [1.82, 2.24) is 4.90 Å². The number of nitrogens with zero attached hydrogens (tertiary/aromatic N) is 1. The molecule has 34 heavy (non-hydrogen) atoms. The number of hydrogen-bond acceptors (Lipinski definition) is 3. The highest BCUT2D eigenvalue weighted by Gasteiger charge is 2.41. The lowest BCUT2D eigenvalue weighted by atomic mass is 9.70. The maximum atomic E-state index is 13.2. The molecule has 1 aliphatic rings. The Bertz CT molecular complexity index is 960. The molecule has 2 aromatic carbocycles. The van der Waals surface area contributed by atoms with E-state index < -0.39 is 41.5 Å². The van der Waals surface area contributed by atoms with Gasteiger partial charge in [-0.1, -0.05) is 30.3 Å². The van der Waals surface area contributed by atoms with Crippen LogP contribution in [0.1, 0.15) is 41.5 Å². The number of aliphatic carboxylic acids is 1. The maximum Gasteiger partial charge on any atom is 0.416 e. The Morgan fingerprint density at radius 1 is 1.06 bits per heavy atom. The Balaban J connectivity index is 1.85. The molecule has 1 fully saturated rings. The summed E-state index contributed by atoms with van der Waals surface area (Å²) >= 11 is 0. The van der Waals surface area contributed by atoms with E-state index in [4.69, 9.17) is 4.74 Å². The van der Waals surface area contributed by atoms with E-state index in [1.54, 1.807) is 0 Å². The lowest BCUT2D eigenvalue weighted by Crippen LogP contribution is -2.50. The van der Waals surface area contributed by atoms with Crippen molar-refractivity contribution in [2.45, 2.75) is 49.7 Å². The summed E-state index contributed by atoms with van der Waals surface area (Å²) in [5, 5.41) is 9.29. The van der Waals surface area contributed by atoms with Crippen molar-refractivity contribution in [2.24, 2.45) is 0 Å². The molecule has 1 N–H and O–H groups in total. The highest BCUT2D eigenvalue weighted by Crippen LogP contribution is 2.40. The Morgan fingerprint density at radius 2 is 1.65 bits per heavy atom. The van der Waals surface area contributed by atoms with Crippen LogP contribution in [-0.4, -0.2) is 42.2 Å². The molecule has 186 valence electrons. The number of alkyl halides is 6. The second-order valence-corrected chi connectivity index (χ2v) is 8.74. The van der Waals surface area contributed by atoms with E-state index >= 15 is 0 Å². The van der Waals surface area contributed by atoms with Crippen molar-refractivity contribution in [3.05, 3.63) is 70.8 Å². The van der Waals surface area contributed by atoms with Crippen LogP contribution in [0.4, 0.5) is 26.3 Å². The molecule has 2 unspecified atom stereocenters. The number of ether oxygens (including phenoxy) is 1. The Kier molecular flexibility index (Phi) is 7.62. The molecule has 10 heteroatoms. The van der Waals surface area contributed by atoms with Crippen molar-refractivity contribution in [1.29, 1.82) is 0 Å². The predicted molar refractivity (Wildman–Crippen MR) is 112 cm³/mol. The summed E-state index contributed by atoms with van der Waals surface area (Å²) in [7, 11) is 1.82. The summed E-state index contributed by atoms with van der Waals surface area (Å²) in [6.45, 7) is 0.150. The molecular weight excluding hydrogens is 464 g/mol. The van der Waals surface area contributed by atoms with Crippen LogP contribution in [0.15, 0.2) is 48.5 Å². The van der Waals surface area contributed by atoms with Crippen LogP contribution in [0.5, 0.6) is 0 Å². The van der Waals surface area contributed by atoms with E-state index in [0.29, 0.717) is 31.5 Å². The molecule has 1 saturated heterocycles. The molecule has 0 aliphatic carbocycles. The minimum absolute atomic E-state index is 0.0264. The van der Waals surface area contributed by atoms with Gasteiger partial charge in [-0.15, -0.1) is 0 Å². The quantitative estimate of drug-likeness (QED) is 0.504. The summed E-state index contributed by atoms with van der Waals surface area (Å²) in [6.07, 6.45) is -8.93. The zero-order valence-electron chi connectivity index (χ0n) is 18.4. The third kappa shape index (κ3) is 6.29. The van der Waals surface area contributed by atoms with Crippen LogP contribution in [0.25, 0.3) is 0 Å². The van der Waals surface area contributed by atoms with Gasteiger partial charge in [-0.2, -0.15) is 26.3 Å². The first kappa shape index (κ1) is 26.0. The maximum absolute atomic E-state index is 13.2. The van der Waals surface area contributed by atoms with E-state index in [1.807, 2.05) is 42.3 Å². The third-order valence-corrected chi connectivity index (χ3v) is 6.28. The number of likely N-dealkylation sites (tertiary alicyclic amines) is 1. The number of rotatable bonds is 7. The summed E-state index contributed by atoms with van der Waals surface area (Å²) < 4.78 is 84.7. The molecular formula is C24H25F6NO3. The fourth-order valence-corrected chi connectivity index (χ4v) is 4.45. The van der Waals surface area contributed by atoms with E-state index in [9.17, 15) is 36.2 Å². The normalized spacial score (nSPS) is 22.0. The summed E-state index contributed by atoms with van der Waals surface area (Å²) in [5.74, 6) is -0.953. The molecule has 0 radical (unpaired) electrons. The number of halogens is 6. The minimum Gasteiger partial charge on any atom is -0.481 e. The number of carbonyl (C=O) groups is 1. The molecule has 2 aromatic rings. The molecule has 1 heterocycles. The first-order valence-electron chi connectivity index (χ1n) is 10.6.